The first kappa shape index (κ1) is 17.8. The number of ketones is 1. The first-order chi connectivity index (χ1) is 12.1. The van der Waals surface area contributed by atoms with Gasteiger partial charge in [-0.25, -0.2) is 0 Å². The van der Waals surface area contributed by atoms with Gasteiger partial charge in [-0.3, -0.25) is 14.6 Å². The lowest BCUT2D eigenvalue weighted by atomic mass is 9.92. The van der Waals surface area contributed by atoms with E-state index >= 15 is 0 Å². The highest BCUT2D eigenvalue weighted by Gasteiger charge is 2.37. The molecule has 0 aromatic heterocycles. The second kappa shape index (κ2) is 7.91. The van der Waals surface area contributed by atoms with Crippen LogP contribution in [-0.2, 0) is 0 Å². The first-order valence-electron chi connectivity index (χ1n) is 8.92. The van der Waals surface area contributed by atoms with Crippen LogP contribution >= 0.6 is 0 Å². The van der Waals surface area contributed by atoms with E-state index in [1.165, 1.54) is 0 Å². The molecule has 25 heavy (non-hydrogen) atoms. The highest BCUT2D eigenvalue weighted by molar-refractivity contribution is 6.04. The van der Waals surface area contributed by atoms with E-state index in [1.807, 2.05) is 36.4 Å². The van der Waals surface area contributed by atoms with E-state index in [-0.39, 0.29) is 11.4 Å². The molecule has 0 amide bonds. The van der Waals surface area contributed by atoms with Crippen LogP contribution in [0.4, 0.5) is 0 Å². The van der Waals surface area contributed by atoms with Crippen LogP contribution < -0.4 is 5.32 Å². The van der Waals surface area contributed by atoms with E-state index in [0.717, 1.165) is 43.7 Å². The van der Waals surface area contributed by atoms with Crippen molar-refractivity contribution in [3.63, 3.8) is 0 Å². The molecule has 0 bridgehead atoms. The third kappa shape index (κ3) is 3.98. The van der Waals surface area contributed by atoms with Crippen LogP contribution in [-0.4, -0.2) is 61.5 Å². The van der Waals surface area contributed by atoms with Gasteiger partial charge in [-0.1, -0.05) is 48.6 Å². The summed E-state index contributed by atoms with van der Waals surface area (Å²) >= 11 is 0. The predicted molar refractivity (Wildman–Crippen MR) is 103 cm³/mol. The molecule has 132 valence electrons. The lowest BCUT2D eigenvalue weighted by molar-refractivity contribution is 0.00243. The summed E-state index contributed by atoms with van der Waals surface area (Å²) < 4.78 is 0. The van der Waals surface area contributed by atoms with Gasteiger partial charge in [0.05, 0.1) is 5.66 Å². The van der Waals surface area contributed by atoms with Gasteiger partial charge in [-0.15, -0.1) is 0 Å². The Morgan fingerprint density at radius 3 is 2.52 bits per heavy atom. The summed E-state index contributed by atoms with van der Waals surface area (Å²) in [7, 11) is 4.28. The van der Waals surface area contributed by atoms with Crippen molar-refractivity contribution < 1.29 is 4.79 Å². The second-order valence-corrected chi connectivity index (χ2v) is 6.82. The van der Waals surface area contributed by atoms with E-state index in [1.54, 1.807) is 6.08 Å². The maximum atomic E-state index is 12.2. The molecule has 4 heteroatoms. The summed E-state index contributed by atoms with van der Waals surface area (Å²) in [4.78, 5) is 17.0. The molecule has 1 aromatic rings. The van der Waals surface area contributed by atoms with Crippen molar-refractivity contribution in [1.29, 1.82) is 0 Å². The van der Waals surface area contributed by atoms with Crippen LogP contribution in [0.25, 0.3) is 0 Å². The Kier molecular flexibility index (Phi) is 5.63. The van der Waals surface area contributed by atoms with Crippen LogP contribution in [0, 0.1) is 0 Å². The maximum absolute atomic E-state index is 12.2. The number of benzene rings is 1. The molecular formula is C21H27N3O. The maximum Gasteiger partial charge on any atom is 0.185 e. The standard InChI is InChI=1S/C21H27N3O/c1-23(2)21(24-16-14-22-15-17-24)12-10-18(11-13-21)8-9-20(25)19-6-4-3-5-7-19/h3-12,22H,13-17H2,1-2H3. The van der Waals surface area contributed by atoms with Gasteiger partial charge in [0.1, 0.15) is 0 Å². The van der Waals surface area contributed by atoms with E-state index < -0.39 is 0 Å². The zero-order valence-electron chi connectivity index (χ0n) is 15.1. The molecule has 2 aliphatic rings. The number of allylic oxidation sites excluding steroid dienone is 4. The molecular weight excluding hydrogens is 310 g/mol. The molecule has 4 nitrogen and oxygen atoms in total. The average molecular weight is 337 g/mol. The van der Waals surface area contributed by atoms with Crippen LogP contribution in [0.5, 0.6) is 0 Å². The average Bonchev–Trinajstić information content (AvgIpc) is 2.67. The molecule has 1 aliphatic carbocycles. The Labute approximate surface area is 150 Å². The summed E-state index contributed by atoms with van der Waals surface area (Å²) in [5, 5.41) is 3.42. The Morgan fingerprint density at radius 1 is 1.20 bits per heavy atom. The fourth-order valence-corrected chi connectivity index (χ4v) is 3.53. The molecule has 1 N–H and O–H groups in total. The minimum atomic E-state index is -0.0666. The molecule has 0 saturated carbocycles. The smallest absolute Gasteiger partial charge is 0.185 e. The number of carbonyl (C=O) groups is 1. The molecule has 1 aliphatic heterocycles. The number of hydrogen-bond donors (Lipinski definition) is 1. The number of piperazine rings is 1. The monoisotopic (exact) mass is 337 g/mol. The minimum Gasteiger partial charge on any atom is -0.314 e. The van der Waals surface area contributed by atoms with Crippen LogP contribution in [0.3, 0.4) is 0 Å². The largest absolute Gasteiger partial charge is 0.314 e. The highest BCUT2D eigenvalue weighted by atomic mass is 16.1. The first-order valence-corrected chi connectivity index (χ1v) is 8.92. The Bertz CT molecular complexity index is 684. The number of nitrogens with one attached hydrogen (secondary N) is 1. The molecule has 1 saturated heterocycles. The molecule has 1 aromatic carbocycles. The number of rotatable bonds is 5. The van der Waals surface area contributed by atoms with Gasteiger partial charge in [-0.2, -0.15) is 0 Å². The SMILES string of the molecule is CN(C)C1(N2CCNCC2)C=CC(C=CC(=O)c2ccccc2)=CC1. The molecule has 3 rings (SSSR count). The van der Waals surface area contributed by atoms with E-state index in [4.69, 9.17) is 0 Å². The zero-order valence-corrected chi connectivity index (χ0v) is 15.1. The quantitative estimate of drug-likeness (QED) is 0.661. The molecule has 1 fully saturated rings. The van der Waals surface area contributed by atoms with E-state index in [2.05, 4.69) is 47.4 Å². The van der Waals surface area contributed by atoms with Crippen molar-refractivity contribution in [3.8, 4) is 0 Å². The van der Waals surface area contributed by atoms with Gasteiger partial charge in [0, 0.05) is 38.2 Å². The highest BCUT2D eigenvalue weighted by Crippen LogP contribution is 2.30. The molecule has 1 heterocycles. The Morgan fingerprint density at radius 2 is 1.92 bits per heavy atom. The van der Waals surface area contributed by atoms with Gasteiger partial charge in [0.25, 0.3) is 0 Å². The summed E-state index contributed by atoms with van der Waals surface area (Å²) in [5.74, 6) is 0.0430. The summed E-state index contributed by atoms with van der Waals surface area (Å²) in [6.45, 7) is 4.17. The Balaban J connectivity index is 1.70. The van der Waals surface area contributed by atoms with Crippen molar-refractivity contribution in [2.75, 3.05) is 40.3 Å². The third-order valence-electron chi connectivity index (χ3n) is 5.11. The molecule has 1 unspecified atom stereocenters. The number of carbonyl (C=O) groups excluding carboxylic acids is 1. The van der Waals surface area contributed by atoms with Gasteiger partial charge >= 0.3 is 0 Å². The summed E-state index contributed by atoms with van der Waals surface area (Å²) in [5.41, 5.74) is 1.75. The zero-order chi connectivity index (χ0) is 17.7. The van der Waals surface area contributed by atoms with Crippen LogP contribution in [0.2, 0.25) is 0 Å². The molecule has 0 spiro atoms. The lowest BCUT2D eigenvalue weighted by Gasteiger charge is -2.49. The fraction of sp³-hybridized carbons (Fsp3) is 0.381. The second-order valence-electron chi connectivity index (χ2n) is 6.82. The fourth-order valence-electron chi connectivity index (χ4n) is 3.53. The van der Waals surface area contributed by atoms with E-state index in [0.29, 0.717) is 0 Å². The van der Waals surface area contributed by atoms with Crippen LogP contribution in [0.15, 0.2) is 66.3 Å². The Hall–Kier alpha value is -2.01. The molecule has 0 radical (unpaired) electrons. The lowest BCUT2D eigenvalue weighted by Crippen LogP contribution is -2.61. The van der Waals surface area contributed by atoms with Crippen molar-refractivity contribution in [2.45, 2.75) is 12.1 Å². The van der Waals surface area contributed by atoms with Crippen molar-refractivity contribution in [1.82, 2.24) is 15.1 Å². The van der Waals surface area contributed by atoms with Crippen molar-refractivity contribution in [3.05, 3.63) is 71.8 Å². The van der Waals surface area contributed by atoms with Crippen LogP contribution in [0.1, 0.15) is 16.8 Å². The van der Waals surface area contributed by atoms with Gasteiger partial charge < -0.3 is 5.32 Å². The molecule has 1 atom stereocenters. The van der Waals surface area contributed by atoms with Crippen molar-refractivity contribution in [2.24, 2.45) is 0 Å². The minimum absolute atomic E-state index is 0.0430. The number of likely N-dealkylation sites (N-methyl/N-ethyl adjacent to an activating group) is 1. The summed E-state index contributed by atoms with van der Waals surface area (Å²) in [6, 6.07) is 9.39. The predicted octanol–water partition coefficient (Wildman–Crippen LogP) is 2.47. The van der Waals surface area contributed by atoms with Gasteiger partial charge in [0.15, 0.2) is 5.78 Å². The van der Waals surface area contributed by atoms with E-state index in [9.17, 15) is 4.79 Å². The van der Waals surface area contributed by atoms with Crippen molar-refractivity contribution >= 4 is 5.78 Å². The van der Waals surface area contributed by atoms with Gasteiger partial charge in [0.2, 0.25) is 0 Å². The normalized spacial score (nSPS) is 24.7. The van der Waals surface area contributed by atoms with Gasteiger partial charge in [-0.05, 0) is 31.8 Å². The third-order valence-corrected chi connectivity index (χ3v) is 5.11. The number of hydrogen-bond acceptors (Lipinski definition) is 4. The summed E-state index contributed by atoms with van der Waals surface area (Å²) in [6.07, 6.45) is 11.2. The number of nitrogens with zero attached hydrogens (tertiary/aromatic N) is 2. The topological polar surface area (TPSA) is 35.6 Å².